The van der Waals surface area contributed by atoms with Crippen LogP contribution in [0, 0.1) is 11.8 Å². The van der Waals surface area contributed by atoms with Gasteiger partial charge in [-0.15, -0.1) is 0 Å². The lowest BCUT2D eigenvalue weighted by Crippen LogP contribution is -2.43. The van der Waals surface area contributed by atoms with E-state index >= 15 is 0 Å². The number of hydrogen-bond donors (Lipinski definition) is 1. The number of ether oxygens (including phenoxy) is 1. The average Bonchev–Trinajstić information content (AvgIpc) is 2.58. The number of nitrogens with zero attached hydrogens (tertiary/aromatic N) is 1. The lowest BCUT2D eigenvalue weighted by molar-refractivity contribution is 0.0891. The van der Waals surface area contributed by atoms with Crippen molar-refractivity contribution in [3.63, 3.8) is 0 Å². The second-order valence-corrected chi connectivity index (χ2v) is 9.12. The molecule has 0 heterocycles. The standard InChI is InChI=1S/C18H28N2O4S/c1-12-7-6-8-15(13(12)2)19-18(21)14-9-10-16(24-5)17(11-14)25(22,23)20(3)4/h9-13,15H,6-8H2,1-5H3,(H,19,21)/t12-,13+,15-/m1/s1. The third-order valence-electron chi connectivity index (χ3n) is 5.21. The fourth-order valence-electron chi connectivity index (χ4n) is 3.25. The van der Waals surface area contributed by atoms with Crippen LogP contribution in [0.15, 0.2) is 23.1 Å². The van der Waals surface area contributed by atoms with Crippen LogP contribution in [0.3, 0.4) is 0 Å². The van der Waals surface area contributed by atoms with Crippen molar-refractivity contribution in [1.29, 1.82) is 0 Å². The molecule has 1 aromatic rings. The quantitative estimate of drug-likeness (QED) is 0.866. The highest BCUT2D eigenvalue weighted by atomic mass is 32.2. The summed E-state index contributed by atoms with van der Waals surface area (Å²) in [5, 5.41) is 3.07. The van der Waals surface area contributed by atoms with Gasteiger partial charge < -0.3 is 10.1 Å². The highest BCUT2D eigenvalue weighted by molar-refractivity contribution is 7.89. The molecule has 1 N–H and O–H groups in total. The molecule has 0 bridgehead atoms. The van der Waals surface area contributed by atoms with Gasteiger partial charge in [-0.25, -0.2) is 12.7 Å². The molecule has 2 rings (SSSR count). The van der Waals surface area contributed by atoms with Crippen molar-refractivity contribution in [3.8, 4) is 5.75 Å². The minimum Gasteiger partial charge on any atom is -0.495 e. The van der Waals surface area contributed by atoms with Gasteiger partial charge >= 0.3 is 0 Å². The summed E-state index contributed by atoms with van der Waals surface area (Å²) in [5.41, 5.74) is 0.326. The second-order valence-electron chi connectivity index (χ2n) is 7.00. The molecule has 25 heavy (non-hydrogen) atoms. The van der Waals surface area contributed by atoms with Gasteiger partial charge in [0, 0.05) is 25.7 Å². The lowest BCUT2D eigenvalue weighted by atomic mass is 9.78. The van der Waals surface area contributed by atoms with E-state index in [1.54, 1.807) is 6.07 Å². The summed E-state index contributed by atoms with van der Waals surface area (Å²) >= 11 is 0. The maximum atomic E-state index is 12.7. The Balaban J connectivity index is 2.29. The van der Waals surface area contributed by atoms with Crippen molar-refractivity contribution in [1.82, 2.24) is 9.62 Å². The molecule has 0 aromatic heterocycles. The summed E-state index contributed by atoms with van der Waals surface area (Å²) in [6, 6.07) is 4.63. The number of carbonyl (C=O) groups excluding carboxylic acids is 1. The molecule has 0 radical (unpaired) electrons. The maximum absolute atomic E-state index is 12.7. The van der Waals surface area contributed by atoms with Crippen molar-refractivity contribution in [2.45, 2.75) is 44.0 Å². The van der Waals surface area contributed by atoms with E-state index in [2.05, 4.69) is 19.2 Å². The Labute approximate surface area is 150 Å². The third-order valence-corrected chi connectivity index (χ3v) is 7.04. The zero-order valence-electron chi connectivity index (χ0n) is 15.6. The minimum absolute atomic E-state index is 0.00212. The van der Waals surface area contributed by atoms with Crippen LogP contribution in [0.1, 0.15) is 43.5 Å². The Morgan fingerprint density at radius 3 is 2.52 bits per heavy atom. The number of benzene rings is 1. The first-order valence-corrected chi connectivity index (χ1v) is 10.0. The molecule has 0 saturated heterocycles. The molecule has 1 saturated carbocycles. The maximum Gasteiger partial charge on any atom is 0.251 e. The number of rotatable bonds is 5. The molecule has 0 unspecified atom stereocenters. The molecule has 1 fully saturated rings. The van der Waals surface area contributed by atoms with E-state index < -0.39 is 10.0 Å². The predicted octanol–water partition coefficient (Wildman–Crippen LogP) is 2.50. The van der Waals surface area contributed by atoms with Crippen LogP contribution in [0.5, 0.6) is 5.75 Å². The molecule has 1 amide bonds. The number of nitrogens with one attached hydrogen (secondary N) is 1. The van der Waals surface area contributed by atoms with Gasteiger partial charge in [0.05, 0.1) is 7.11 Å². The van der Waals surface area contributed by atoms with E-state index in [0.29, 0.717) is 17.4 Å². The van der Waals surface area contributed by atoms with Gasteiger partial charge in [-0.1, -0.05) is 26.7 Å². The normalized spacial score (nSPS) is 24.2. The summed E-state index contributed by atoms with van der Waals surface area (Å²) in [6.07, 6.45) is 3.23. The Hall–Kier alpha value is -1.60. The summed E-state index contributed by atoms with van der Waals surface area (Å²) in [5.74, 6) is 0.953. The van der Waals surface area contributed by atoms with E-state index in [9.17, 15) is 13.2 Å². The Morgan fingerprint density at radius 1 is 1.24 bits per heavy atom. The van der Waals surface area contributed by atoms with Crippen LogP contribution in [0.4, 0.5) is 0 Å². The zero-order chi connectivity index (χ0) is 18.8. The first kappa shape index (κ1) is 19.7. The highest BCUT2D eigenvalue weighted by Gasteiger charge is 2.29. The van der Waals surface area contributed by atoms with Crippen molar-refractivity contribution >= 4 is 15.9 Å². The van der Waals surface area contributed by atoms with Crippen LogP contribution in [0.25, 0.3) is 0 Å². The molecule has 3 atom stereocenters. The van der Waals surface area contributed by atoms with E-state index in [-0.39, 0.29) is 22.6 Å². The second kappa shape index (κ2) is 7.74. The van der Waals surface area contributed by atoms with Gasteiger partial charge in [-0.3, -0.25) is 4.79 Å². The number of amides is 1. The van der Waals surface area contributed by atoms with E-state index in [1.165, 1.54) is 39.8 Å². The van der Waals surface area contributed by atoms with Gasteiger partial charge in [0.1, 0.15) is 10.6 Å². The number of methoxy groups -OCH3 is 1. The van der Waals surface area contributed by atoms with Crippen LogP contribution >= 0.6 is 0 Å². The van der Waals surface area contributed by atoms with Crippen LogP contribution in [-0.4, -0.2) is 45.9 Å². The lowest BCUT2D eigenvalue weighted by Gasteiger charge is -2.34. The zero-order valence-corrected chi connectivity index (χ0v) is 16.4. The number of sulfonamides is 1. The van der Waals surface area contributed by atoms with E-state index in [0.717, 1.165) is 17.1 Å². The Kier molecular flexibility index (Phi) is 6.11. The predicted molar refractivity (Wildman–Crippen MR) is 97.3 cm³/mol. The summed E-state index contributed by atoms with van der Waals surface area (Å²) in [4.78, 5) is 12.7. The summed E-state index contributed by atoms with van der Waals surface area (Å²) in [6.45, 7) is 4.36. The highest BCUT2D eigenvalue weighted by Crippen LogP contribution is 2.30. The minimum atomic E-state index is -3.70. The van der Waals surface area contributed by atoms with Gasteiger partial charge in [0.15, 0.2) is 0 Å². The molecule has 1 aromatic carbocycles. The summed E-state index contributed by atoms with van der Waals surface area (Å²) < 4.78 is 31.2. The number of carbonyl (C=O) groups is 1. The molecular weight excluding hydrogens is 340 g/mol. The number of hydrogen-bond acceptors (Lipinski definition) is 4. The molecule has 0 aliphatic heterocycles. The topological polar surface area (TPSA) is 75.7 Å². The molecule has 0 spiro atoms. The van der Waals surface area contributed by atoms with Gasteiger partial charge in [0.2, 0.25) is 10.0 Å². The Bertz CT molecular complexity index is 731. The van der Waals surface area contributed by atoms with E-state index in [4.69, 9.17) is 4.74 Å². The monoisotopic (exact) mass is 368 g/mol. The van der Waals surface area contributed by atoms with Gasteiger partial charge in [-0.05, 0) is 36.5 Å². The average molecular weight is 368 g/mol. The molecule has 7 heteroatoms. The fraction of sp³-hybridized carbons (Fsp3) is 0.611. The van der Waals surface area contributed by atoms with Gasteiger partial charge in [0.25, 0.3) is 5.91 Å². The molecule has 140 valence electrons. The first-order chi connectivity index (χ1) is 11.7. The smallest absolute Gasteiger partial charge is 0.251 e. The molecule has 1 aliphatic carbocycles. The van der Waals surface area contributed by atoms with Crippen molar-refractivity contribution < 1.29 is 17.9 Å². The largest absolute Gasteiger partial charge is 0.495 e. The van der Waals surface area contributed by atoms with Crippen molar-refractivity contribution in [2.24, 2.45) is 11.8 Å². The summed E-state index contributed by atoms with van der Waals surface area (Å²) in [7, 11) is 0.614. The van der Waals surface area contributed by atoms with Crippen molar-refractivity contribution in [2.75, 3.05) is 21.2 Å². The Morgan fingerprint density at radius 2 is 1.92 bits per heavy atom. The van der Waals surface area contributed by atoms with Crippen molar-refractivity contribution in [3.05, 3.63) is 23.8 Å². The van der Waals surface area contributed by atoms with Gasteiger partial charge in [-0.2, -0.15) is 0 Å². The fourth-order valence-corrected chi connectivity index (χ4v) is 4.33. The molecule has 1 aliphatic rings. The first-order valence-electron chi connectivity index (χ1n) is 8.60. The van der Waals surface area contributed by atoms with Crippen LogP contribution < -0.4 is 10.1 Å². The SMILES string of the molecule is COc1ccc(C(=O)N[C@@H]2CCC[C@@H](C)[C@@H]2C)cc1S(=O)(=O)N(C)C. The molecular formula is C18H28N2O4S. The van der Waals surface area contributed by atoms with Crippen LogP contribution in [0.2, 0.25) is 0 Å². The van der Waals surface area contributed by atoms with Crippen LogP contribution in [-0.2, 0) is 10.0 Å². The third kappa shape index (κ3) is 4.15. The molecule has 6 nitrogen and oxygen atoms in total. The van der Waals surface area contributed by atoms with E-state index in [1.807, 2.05) is 0 Å².